The summed E-state index contributed by atoms with van der Waals surface area (Å²) in [7, 11) is 1.56. The number of hydrogen-bond donors (Lipinski definition) is 5. The van der Waals surface area contributed by atoms with Gasteiger partial charge in [-0.3, -0.25) is 19.6 Å². The molecule has 2 amide bonds. The molecule has 45 heavy (non-hydrogen) atoms. The van der Waals surface area contributed by atoms with Crippen molar-refractivity contribution in [3.8, 4) is 28.4 Å². The molecule has 5 N–H and O–H groups in total. The minimum Gasteiger partial charge on any atom is -0.481 e. The van der Waals surface area contributed by atoms with Crippen LogP contribution in [0.3, 0.4) is 0 Å². The van der Waals surface area contributed by atoms with E-state index in [0.717, 1.165) is 17.5 Å². The predicted molar refractivity (Wildman–Crippen MR) is 173 cm³/mol. The molecule has 1 aliphatic rings. The van der Waals surface area contributed by atoms with Crippen LogP contribution in [0.1, 0.15) is 34.5 Å². The lowest BCUT2D eigenvalue weighted by Crippen LogP contribution is -2.35. The molecule has 0 unspecified atom stereocenters. The summed E-state index contributed by atoms with van der Waals surface area (Å²) in [5, 5.41) is 21.7. The van der Waals surface area contributed by atoms with E-state index in [9.17, 15) is 9.59 Å². The second-order valence-corrected chi connectivity index (χ2v) is 11.1. The van der Waals surface area contributed by atoms with Crippen LogP contribution >= 0.6 is 23.2 Å². The molecule has 1 saturated heterocycles. The monoisotopic (exact) mass is 649 g/mol. The average molecular weight is 651 g/mol. The van der Waals surface area contributed by atoms with Crippen LogP contribution in [0.25, 0.3) is 22.5 Å². The predicted octanol–water partition coefficient (Wildman–Crippen LogP) is 4.22. The number of benzene rings is 1. The van der Waals surface area contributed by atoms with Gasteiger partial charge >= 0.3 is 0 Å². The third kappa shape index (κ3) is 7.94. The van der Waals surface area contributed by atoms with Crippen molar-refractivity contribution in [3.63, 3.8) is 0 Å². The van der Waals surface area contributed by atoms with E-state index in [1.807, 2.05) is 12.1 Å². The molecule has 0 saturated carbocycles. The molecule has 1 atom stereocenters. The molecular weight excluding hydrogens is 617 g/mol. The first-order valence-corrected chi connectivity index (χ1v) is 15.2. The first kappa shape index (κ1) is 32.3. The second-order valence-electron chi connectivity index (χ2n) is 10.4. The Balaban J connectivity index is 1.32. The van der Waals surface area contributed by atoms with E-state index in [1.165, 1.54) is 0 Å². The highest BCUT2D eigenvalue weighted by Gasteiger charge is 2.21. The molecule has 234 valence electrons. The van der Waals surface area contributed by atoms with Crippen LogP contribution in [-0.4, -0.2) is 64.7 Å². The minimum atomic E-state index is -0.421. The fourth-order valence-corrected chi connectivity index (χ4v) is 5.52. The summed E-state index contributed by atoms with van der Waals surface area (Å²) < 4.78 is 5.58. The van der Waals surface area contributed by atoms with E-state index < -0.39 is 5.91 Å². The second kappa shape index (κ2) is 15.2. The van der Waals surface area contributed by atoms with Gasteiger partial charge in [0.1, 0.15) is 5.69 Å². The highest BCUT2D eigenvalue weighted by molar-refractivity contribution is 6.39. The number of carbonyl (C=O) groups excluding carboxylic acids is 2. The number of ether oxygens (including phenoxy) is 1. The number of aromatic nitrogens is 3. The molecule has 4 aromatic rings. The maximum atomic E-state index is 13.0. The van der Waals surface area contributed by atoms with Crippen LogP contribution in [0.5, 0.6) is 5.88 Å². The van der Waals surface area contributed by atoms with E-state index in [2.05, 4.69) is 31.2 Å². The molecule has 1 aliphatic heterocycles. The molecule has 0 aliphatic carbocycles. The molecule has 1 fully saturated rings. The van der Waals surface area contributed by atoms with E-state index in [-0.39, 0.29) is 29.3 Å². The zero-order valence-corrected chi connectivity index (χ0v) is 26.1. The van der Waals surface area contributed by atoms with Crippen molar-refractivity contribution >= 4 is 40.7 Å². The first-order valence-electron chi connectivity index (χ1n) is 14.4. The maximum Gasteiger partial charge on any atom is 0.274 e. The van der Waals surface area contributed by atoms with Gasteiger partial charge in [-0.15, -0.1) is 0 Å². The van der Waals surface area contributed by atoms with Gasteiger partial charge in [-0.25, -0.2) is 4.98 Å². The minimum absolute atomic E-state index is 0.0419. The van der Waals surface area contributed by atoms with E-state index in [1.54, 1.807) is 55.9 Å². The molecule has 13 heteroatoms. The molecule has 11 nitrogen and oxygen atoms in total. The van der Waals surface area contributed by atoms with Gasteiger partial charge in [0, 0.05) is 67.7 Å². The van der Waals surface area contributed by atoms with Crippen LogP contribution in [0.2, 0.25) is 10.0 Å². The summed E-state index contributed by atoms with van der Waals surface area (Å²) in [4.78, 5) is 37.9. The lowest BCUT2D eigenvalue weighted by Gasteiger charge is -2.15. The molecule has 1 aromatic carbocycles. The van der Waals surface area contributed by atoms with Crippen LogP contribution in [0.15, 0.2) is 60.9 Å². The average Bonchev–Trinajstić information content (AvgIpc) is 3.47. The van der Waals surface area contributed by atoms with Gasteiger partial charge in [-0.05, 0) is 36.2 Å². The van der Waals surface area contributed by atoms with Crippen molar-refractivity contribution in [1.82, 2.24) is 30.9 Å². The molecule has 0 bridgehead atoms. The third-order valence-corrected chi connectivity index (χ3v) is 8.06. The van der Waals surface area contributed by atoms with Crippen molar-refractivity contribution in [2.75, 3.05) is 32.1 Å². The summed E-state index contributed by atoms with van der Waals surface area (Å²) in [6, 6.07) is 14.3. The fraction of sp³-hybridized carbons (Fsp3) is 0.281. The number of amides is 2. The number of aliphatic hydroxyl groups is 1. The summed E-state index contributed by atoms with van der Waals surface area (Å²) in [5.74, 6) is 0.117. The van der Waals surface area contributed by atoms with Crippen molar-refractivity contribution in [1.29, 1.82) is 0 Å². The standard InChI is InChI=1S/C32H33Cl2N7O4/c1-45-32-20(17-36-18-21-7-10-27(43)39-21)6-9-24(41-32)22-11-12-37-30(29(22)34)23-3-2-4-25(28(23)33)40-31(44)26-8-5-19(16-38-26)15-35-13-14-42/h2-6,8-9,11-12,16,21,35-36,42H,7,10,13-15,17-18H2,1H3,(H,39,43)(H,40,44)/t21-/m1/s1. The number of nitrogens with zero attached hydrogens (tertiary/aromatic N) is 3. The SMILES string of the molecule is COc1nc(-c2ccnc(-c3cccc(NC(=O)c4ccc(CNCCO)cn4)c3Cl)c2Cl)ccc1CNC[C@H]1CCC(=O)N1. The van der Waals surface area contributed by atoms with Crippen molar-refractivity contribution in [2.45, 2.75) is 32.0 Å². The Hall–Kier alpha value is -4.13. The van der Waals surface area contributed by atoms with Crippen molar-refractivity contribution in [2.24, 2.45) is 0 Å². The van der Waals surface area contributed by atoms with Crippen molar-refractivity contribution < 1.29 is 19.4 Å². The van der Waals surface area contributed by atoms with Crippen LogP contribution < -0.4 is 26.0 Å². The maximum absolute atomic E-state index is 13.0. The Labute approximate surface area is 270 Å². The van der Waals surface area contributed by atoms with Gasteiger partial charge in [-0.1, -0.05) is 47.5 Å². The van der Waals surface area contributed by atoms with Gasteiger partial charge in [0.2, 0.25) is 11.8 Å². The van der Waals surface area contributed by atoms with Crippen LogP contribution in [0.4, 0.5) is 5.69 Å². The normalized spacial score (nSPS) is 14.3. The molecule has 0 radical (unpaired) electrons. The topological polar surface area (TPSA) is 150 Å². The summed E-state index contributed by atoms with van der Waals surface area (Å²) in [6.45, 7) is 2.22. The lowest BCUT2D eigenvalue weighted by molar-refractivity contribution is -0.119. The highest BCUT2D eigenvalue weighted by Crippen LogP contribution is 2.40. The van der Waals surface area contributed by atoms with Crippen LogP contribution in [0, 0.1) is 0 Å². The number of methoxy groups -OCH3 is 1. The number of hydrogen-bond acceptors (Lipinski definition) is 9. The number of rotatable bonds is 13. The molecule has 5 rings (SSSR count). The Morgan fingerprint density at radius 1 is 1.04 bits per heavy atom. The molecule has 4 heterocycles. The lowest BCUT2D eigenvalue weighted by atomic mass is 10.1. The number of pyridine rings is 3. The number of anilines is 1. The Kier molecular flexibility index (Phi) is 10.9. The quantitative estimate of drug-likeness (QED) is 0.134. The number of nitrogens with one attached hydrogen (secondary N) is 4. The number of aliphatic hydroxyl groups excluding tert-OH is 1. The molecule has 3 aromatic heterocycles. The fourth-order valence-electron chi connectivity index (χ4n) is 4.94. The Morgan fingerprint density at radius 3 is 2.64 bits per heavy atom. The van der Waals surface area contributed by atoms with E-state index in [4.69, 9.17) is 38.0 Å². The highest BCUT2D eigenvalue weighted by atomic mass is 35.5. The van der Waals surface area contributed by atoms with Gasteiger partial charge in [0.05, 0.1) is 40.8 Å². The zero-order chi connectivity index (χ0) is 31.8. The molecular formula is C32H33Cl2N7O4. The van der Waals surface area contributed by atoms with Crippen molar-refractivity contribution in [3.05, 3.63) is 87.8 Å². The molecule has 0 spiro atoms. The first-order chi connectivity index (χ1) is 21.9. The third-order valence-electron chi connectivity index (χ3n) is 7.27. The van der Waals surface area contributed by atoms with Gasteiger partial charge in [-0.2, -0.15) is 0 Å². The smallest absolute Gasteiger partial charge is 0.274 e. The largest absolute Gasteiger partial charge is 0.481 e. The summed E-state index contributed by atoms with van der Waals surface area (Å²) in [5.41, 5.74) is 4.55. The van der Waals surface area contributed by atoms with E-state index >= 15 is 0 Å². The summed E-state index contributed by atoms with van der Waals surface area (Å²) in [6.07, 6.45) is 4.61. The Morgan fingerprint density at radius 2 is 1.91 bits per heavy atom. The Bertz CT molecular complexity index is 1670. The van der Waals surface area contributed by atoms with E-state index in [0.29, 0.717) is 71.7 Å². The van der Waals surface area contributed by atoms with Crippen LogP contribution in [-0.2, 0) is 17.9 Å². The van der Waals surface area contributed by atoms with Gasteiger partial charge < -0.3 is 31.1 Å². The summed E-state index contributed by atoms with van der Waals surface area (Å²) >= 11 is 13.7. The zero-order valence-electron chi connectivity index (χ0n) is 24.6. The number of carbonyl (C=O) groups is 2. The van der Waals surface area contributed by atoms with Gasteiger partial charge in [0.15, 0.2) is 0 Å². The number of halogens is 2. The van der Waals surface area contributed by atoms with Gasteiger partial charge in [0.25, 0.3) is 5.91 Å².